The lowest BCUT2D eigenvalue weighted by molar-refractivity contribution is 0.462. The number of rotatable bonds is 4. The van der Waals surface area contributed by atoms with Crippen LogP contribution in [-0.4, -0.2) is 25.6 Å². The van der Waals surface area contributed by atoms with Crippen LogP contribution >= 0.6 is 11.3 Å². The number of hydrogen-bond acceptors (Lipinski definition) is 5. The van der Waals surface area contributed by atoms with Crippen molar-refractivity contribution in [1.29, 1.82) is 0 Å². The van der Waals surface area contributed by atoms with E-state index in [1.807, 2.05) is 4.57 Å². The number of pyridine rings is 1. The van der Waals surface area contributed by atoms with Crippen LogP contribution in [0.1, 0.15) is 37.7 Å². The first-order chi connectivity index (χ1) is 13.2. The van der Waals surface area contributed by atoms with Crippen LogP contribution in [0.15, 0.2) is 36.8 Å². The van der Waals surface area contributed by atoms with Gasteiger partial charge in [0.2, 0.25) is 0 Å². The van der Waals surface area contributed by atoms with E-state index >= 15 is 0 Å². The summed E-state index contributed by atoms with van der Waals surface area (Å²) in [4.78, 5) is 13.2. The number of thiazole rings is 1. The van der Waals surface area contributed by atoms with Gasteiger partial charge in [-0.2, -0.15) is 0 Å². The van der Waals surface area contributed by atoms with Crippen LogP contribution in [0.5, 0.6) is 0 Å². The number of benzene rings is 1. The zero-order valence-corrected chi connectivity index (χ0v) is 15.7. The van der Waals surface area contributed by atoms with Gasteiger partial charge in [0.1, 0.15) is 11.3 Å². The Hall–Kier alpha value is -2.54. The zero-order valence-electron chi connectivity index (χ0n) is 14.9. The second-order valence-electron chi connectivity index (χ2n) is 7.17. The summed E-state index contributed by atoms with van der Waals surface area (Å²) in [5, 5.41) is 4.62. The summed E-state index contributed by atoms with van der Waals surface area (Å²) in [5.41, 5.74) is 3.45. The van der Waals surface area contributed by atoms with Crippen LogP contribution in [0, 0.1) is 5.82 Å². The number of halogens is 1. The molecule has 1 saturated carbocycles. The van der Waals surface area contributed by atoms with Crippen LogP contribution in [0.3, 0.4) is 0 Å². The molecule has 3 heterocycles. The fourth-order valence-electron chi connectivity index (χ4n) is 3.79. The molecule has 1 fully saturated rings. The Bertz CT molecular complexity index is 1100. The summed E-state index contributed by atoms with van der Waals surface area (Å²) in [5.74, 6) is -0.364. The number of nitrogens with zero attached hydrogens (tertiary/aromatic N) is 4. The van der Waals surface area contributed by atoms with Crippen molar-refractivity contribution in [3.8, 4) is 0 Å². The SMILES string of the molecule is Fc1cnc2c(c1)ncn2Cc1ccc2nc(NC3CCCCC3)sc2c1. The largest absolute Gasteiger partial charge is 0.359 e. The lowest BCUT2D eigenvalue weighted by Gasteiger charge is -2.22. The van der Waals surface area contributed by atoms with Crippen LogP contribution in [0.2, 0.25) is 0 Å². The highest BCUT2D eigenvalue weighted by Crippen LogP contribution is 2.30. The predicted octanol–water partition coefficient (Wildman–Crippen LogP) is 4.97. The van der Waals surface area contributed by atoms with Gasteiger partial charge in [0.15, 0.2) is 10.8 Å². The maximum absolute atomic E-state index is 13.3. The summed E-state index contributed by atoms with van der Waals surface area (Å²) in [6.07, 6.45) is 9.39. The first-order valence-electron chi connectivity index (χ1n) is 9.37. The van der Waals surface area contributed by atoms with Gasteiger partial charge in [-0.3, -0.25) is 0 Å². The molecule has 3 aromatic heterocycles. The molecule has 4 aromatic rings. The Labute approximate surface area is 160 Å². The maximum atomic E-state index is 13.3. The van der Waals surface area contributed by atoms with E-state index in [2.05, 4.69) is 33.5 Å². The molecule has 5 nitrogen and oxygen atoms in total. The van der Waals surface area contributed by atoms with Crippen LogP contribution < -0.4 is 5.32 Å². The first-order valence-corrected chi connectivity index (χ1v) is 10.2. The third kappa shape index (κ3) is 3.39. The van der Waals surface area contributed by atoms with Crippen molar-refractivity contribution in [3.63, 3.8) is 0 Å². The van der Waals surface area contributed by atoms with Gasteiger partial charge in [-0.25, -0.2) is 19.3 Å². The molecule has 0 bridgehead atoms. The topological polar surface area (TPSA) is 55.6 Å². The Morgan fingerprint density at radius 2 is 2.00 bits per heavy atom. The van der Waals surface area contributed by atoms with Gasteiger partial charge in [0.25, 0.3) is 0 Å². The van der Waals surface area contributed by atoms with Crippen molar-refractivity contribution in [2.75, 3.05) is 5.32 Å². The predicted molar refractivity (Wildman–Crippen MR) is 107 cm³/mol. The van der Waals surface area contributed by atoms with Crippen molar-refractivity contribution in [2.45, 2.75) is 44.7 Å². The van der Waals surface area contributed by atoms with E-state index in [0.29, 0.717) is 23.8 Å². The molecule has 1 aliphatic carbocycles. The molecule has 7 heteroatoms. The van der Waals surface area contributed by atoms with Crippen molar-refractivity contribution >= 4 is 37.8 Å². The Morgan fingerprint density at radius 1 is 1.11 bits per heavy atom. The number of hydrogen-bond donors (Lipinski definition) is 1. The smallest absolute Gasteiger partial charge is 0.184 e. The van der Waals surface area contributed by atoms with E-state index < -0.39 is 0 Å². The Morgan fingerprint density at radius 3 is 2.89 bits per heavy atom. The number of imidazole rings is 1. The van der Waals surface area contributed by atoms with Crippen molar-refractivity contribution in [3.05, 3.63) is 48.2 Å². The van der Waals surface area contributed by atoms with Gasteiger partial charge in [0, 0.05) is 12.1 Å². The van der Waals surface area contributed by atoms with Gasteiger partial charge >= 0.3 is 0 Å². The van der Waals surface area contributed by atoms with Gasteiger partial charge < -0.3 is 9.88 Å². The lowest BCUT2D eigenvalue weighted by atomic mass is 9.96. The fraction of sp³-hybridized carbons (Fsp3) is 0.350. The number of fused-ring (bicyclic) bond motifs is 2. The molecule has 0 amide bonds. The average molecular weight is 381 g/mol. The molecule has 1 aliphatic rings. The summed E-state index contributed by atoms with van der Waals surface area (Å²) in [7, 11) is 0. The van der Waals surface area contributed by atoms with Crippen LogP contribution in [-0.2, 0) is 6.54 Å². The number of anilines is 1. The molecular weight excluding hydrogens is 361 g/mol. The minimum Gasteiger partial charge on any atom is -0.359 e. The average Bonchev–Trinajstić information content (AvgIpc) is 3.25. The minimum absolute atomic E-state index is 0.364. The van der Waals surface area contributed by atoms with Crippen molar-refractivity contribution in [1.82, 2.24) is 19.5 Å². The van der Waals surface area contributed by atoms with E-state index in [0.717, 1.165) is 16.2 Å². The second-order valence-corrected chi connectivity index (χ2v) is 8.20. The van der Waals surface area contributed by atoms with Gasteiger partial charge in [0.05, 0.1) is 29.3 Å². The molecule has 27 heavy (non-hydrogen) atoms. The molecule has 1 aromatic carbocycles. The molecule has 0 aliphatic heterocycles. The van der Waals surface area contributed by atoms with E-state index in [9.17, 15) is 4.39 Å². The van der Waals surface area contributed by atoms with E-state index in [1.165, 1.54) is 49.1 Å². The van der Waals surface area contributed by atoms with E-state index in [-0.39, 0.29) is 5.82 Å². The number of aromatic nitrogens is 4. The highest BCUT2D eigenvalue weighted by Gasteiger charge is 2.15. The quantitative estimate of drug-likeness (QED) is 0.542. The fourth-order valence-corrected chi connectivity index (χ4v) is 4.79. The highest BCUT2D eigenvalue weighted by molar-refractivity contribution is 7.22. The molecule has 0 atom stereocenters. The van der Waals surface area contributed by atoms with Crippen LogP contribution in [0.25, 0.3) is 21.4 Å². The molecule has 0 radical (unpaired) electrons. The molecule has 138 valence electrons. The third-order valence-corrected chi connectivity index (χ3v) is 6.11. The molecule has 0 spiro atoms. The van der Waals surface area contributed by atoms with Crippen LogP contribution in [0.4, 0.5) is 9.52 Å². The van der Waals surface area contributed by atoms with Crippen molar-refractivity contribution in [2.24, 2.45) is 0 Å². The van der Waals surface area contributed by atoms with Gasteiger partial charge in [-0.1, -0.05) is 36.7 Å². The normalized spacial score (nSPS) is 15.6. The van der Waals surface area contributed by atoms with Crippen molar-refractivity contribution < 1.29 is 4.39 Å². The standard InChI is InChI=1S/C20H20FN5S/c21-14-9-17-19(22-10-14)26(12-23-17)11-13-6-7-16-18(8-13)27-20(25-16)24-15-4-2-1-3-5-15/h6-10,12,15H,1-5,11H2,(H,24,25). The van der Waals surface area contributed by atoms with E-state index in [4.69, 9.17) is 4.98 Å². The first kappa shape index (κ1) is 16.6. The summed E-state index contributed by atoms with van der Waals surface area (Å²) in [6.45, 7) is 0.647. The highest BCUT2D eigenvalue weighted by atomic mass is 32.1. The number of nitrogens with one attached hydrogen (secondary N) is 1. The third-order valence-electron chi connectivity index (χ3n) is 5.16. The molecular formula is C20H20FN5S. The van der Waals surface area contributed by atoms with E-state index in [1.54, 1.807) is 17.7 Å². The second kappa shape index (κ2) is 6.88. The van der Waals surface area contributed by atoms with Gasteiger partial charge in [-0.05, 0) is 30.5 Å². The summed E-state index contributed by atoms with van der Waals surface area (Å²) >= 11 is 1.71. The Kier molecular flexibility index (Phi) is 4.24. The Balaban J connectivity index is 1.38. The van der Waals surface area contributed by atoms with Gasteiger partial charge in [-0.15, -0.1) is 0 Å². The minimum atomic E-state index is -0.364. The lowest BCUT2D eigenvalue weighted by Crippen LogP contribution is -2.21. The molecule has 0 unspecified atom stereocenters. The summed E-state index contributed by atoms with van der Waals surface area (Å²) < 4.78 is 16.4. The zero-order chi connectivity index (χ0) is 18.2. The monoisotopic (exact) mass is 381 g/mol. The maximum Gasteiger partial charge on any atom is 0.184 e. The molecule has 0 saturated heterocycles. The molecule has 5 rings (SSSR count). The summed E-state index contributed by atoms with van der Waals surface area (Å²) in [6, 6.07) is 8.30. The molecule has 1 N–H and O–H groups in total.